The number of hydrogen-bond acceptors (Lipinski definition) is 6. The first-order valence-corrected chi connectivity index (χ1v) is 14.5. The molecule has 1 aliphatic heterocycles. The molecular weight excluding hydrogens is 512 g/mol. The summed E-state index contributed by atoms with van der Waals surface area (Å²) in [6, 6.07) is 28.6. The molecule has 1 aliphatic rings. The Morgan fingerprint density at radius 2 is 1.78 bits per heavy atom. The number of aromatic amines is 1. The van der Waals surface area contributed by atoms with E-state index >= 15 is 0 Å². The van der Waals surface area contributed by atoms with Gasteiger partial charge in [0.05, 0.1) is 12.6 Å². The summed E-state index contributed by atoms with van der Waals surface area (Å²) in [6.07, 6.45) is 3.81. The molecular formula is C33H36N6O2. The van der Waals surface area contributed by atoms with E-state index in [-0.39, 0.29) is 11.7 Å². The smallest absolute Gasteiger partial charge is 0.253 e. The number of nitrogens with zero attached hydrogens (tertiary/aromatic N) is 5. The maximum atomic E-state index is 13.8. The van der Waals surface area contributed by atoms with E-state index in [1.807, 2.05) is 28.9 Å². The third-order valence-corrected chi connectivity index (χ3v) is 7.97. The van der Waals surface area contributed by atoms with Crippen LogP contribution in [0.1, 0.15) is 53.9 Å². The molecule has 2 aromatic heterocycles. The Bertz CT molecular complexity index is 1630. The third-order valence-electron chi connectivity index (χ3n) is 7.97. The van der Waals surface area contributed by atoms with Crippen LogP contribution in [-0.4, -0.2) is 49.3 Å². The molecule has 5 aromatic rings. The van der Waals surface area contributed by atoms with Crippen molar-refractivity contribution in [2.75, 3.05) is 13.2 Å². The number of aromatic nitrogens is 5. The third kappa shape index (κ3) is 6.29. The highest BCUT2D eigenvalue weighted by atomic mass is 16.5. The molecule has 210 valence electrons. The van der Waals surface area contributed by atoms with Crippen molar-refractivity contribution in [1.82, 2.24) is 30.1 Å². The highest BCUT2D eigenvalue weighted by Crippen LogP contribution is 2.30. The predicted molar refractivity (Wildman–Crippen MR) is 160 cm³/mol. The lowest BCUT2D eigenvalue weighted by Gasteiger charge is -2.31. The molecule has 0 radical (unpaired) electrons. The van der Waals surface area contributed by atoms with Gasteiger partial charge >= 0.3 is 0 Å². The molecule has 8 heteroatoms. The number of nitrogens with one attached hydrogen (secondary N) is 1. The average Bonchev–Trinajstić information content (AvgIpc) is 3.70. The second kappa shape index (κ2) is 12.6. The number of pyridine rings is 1. The van der Waals surface area contributed by atoms with Crippen molar-refractivity contribution in [2.45, 2.75) is 57.8 Å². The van der Waals surface area contributed by atoms with E-state index in [0.29, 0.717) is 31.0 Å². The first-order chi connectivity index (χ1) is 20.2. The van der Waals surface area contributed by atoms with E-state index in [0.717, 1.165) is 48.8 Å². The van der Waals surface area contributed by atoms with Gasteiger partial charge < -0.3 is 9.72 Å². The molecule has 0 aliphatic carbocycles. The Balaban J connectivity index is 1.47. The van der Waals surface area contributed by atoms with E-state index in [1.165, 1.54) is 11.1 Å². The molecule has 0 saturated carbocycles. The average molecular weight is 549 g/mol. The fraction of sp³-hybridized carbons (Fsp3) is 0.333. The fourth-order valence-corrected chi connectivity index (χ4v) is 5.75. The van der Waals surface area contributed by atoms with Crippen LogP contribution in [0.15, 0.2) is 89.7 Å². The highest BCUT2D eigenvalue weighted by Gasteiger charge is 2.32. The first-order valence-electron chi connectivity index (χ1n) is 14.5. The number of fused-ring (bicyclic) bond motifs is 1. The van der Waals surface area contributed by atoms with Gasteiger partial charge in [-0.05, 0) is 76.4 Å². The molecule has 3 aromatic carbocycles. The number of rotatable bonds is 11. The molecule has 1 fully saturated rings. The van der Waals surface area contributed by atoms with Crippen LogP contribution in [0.2, 0.25) is 0 Å². The summed E-state index contributed by atoms with van der Waals surface area (Å²) in [5, 5.41) is 14.1. The minimum atomic E-state index is -0.464. The zero-order chi connectivity index (χ0) is 28.0. The van der Waals surface area contributed by atoms with E-state index in [1.54, 1.807) is 0 Å². The molecule has 0 unspecified atom stereocenters. The lowest BCUT2D eigenvalue weighted by Crippen LogP contribution is -2.37. The fourth-order valence-electron chi connectivity index (χ4n) is 5.75. The van der Waals surface area contributed by atoms with Crippen LogP contribution in [0.5, 0.6) is 0 Å². The van der Waals surface area contributed by atoms with Gasteiger partial charge in [0.25, 0.3) is 5.56 Å². The lowest BCUT2D eigenvalue weighted by molar-refractivity contribution is 0.0906. The predicted octanol–water partition coefficient (Wildman–Crippen LogP) is 5.09. The lowest BCUT2D eigenvalue weighted by atomic mass is 10.00. The number of benzene rings is 3. The van der Waals surface area contributed by atoms with Gasteiger partial charge in [0.1, 0.15) is 6.04 Å². The van der Waals surface area contributed by atoms with Crippen molar-refractivity contribution in [2.24, 2.45) is 0 Å². The zero-order valence-corrected chi connectivity index (χ0v) is 23.4. The van der Waals surface area contributed by atoms with Crippen LogP contribution < -0.4 is 5.56 Å². The maximum absolute atomic E-state index is 13.8. The van der Waals surface area contributed by atoms with Crippen LogP contribution in [0.4, 0.5) is 0 Å². The normalized spacial score (nSPS) is 16.0. The van der Waals surface area contributed by atoms with Crippen molar-refractivity contribution in [1.29, 1.82) is 0 Å². The number of hydrogen-bond donors (Lipinski definition) is 1. The van der Waals surface area contributed by atoms with Gasteiger partial charge in [-0.3, -0.25) is 9.69 Å². The van der Waals surface area contributed by atoms with Crippen molar-refractivity contribution < 1.29 is 4.74 Å². The monoisotopic (exact) mass is 548 g/mol. The summed E-state index contributed by atoms with van der Waals surface area (Å²) in [7, 11) is 0. The number of tetrazole rings is 1. The van der Waals surface area contributed by atoms with Crippen molar-refractivity contribution in [3.8, 4) is 0 Å². The summed E-state index contributed by atoms with van der Waals surface area (Å²) in [5.74, 6) is 0.654. The zero-order valence-electron chi connectivity index (χ0n) is 23.4. The van der Waals surface area contributed by atoms with Gasteiger partial charge in [0, 0.05) is 30.8 Å². The Morgan fingerprint density at radius 1 is 1.00 bits per heavy atom. The Kier molecular flexibility index (Phi) is 8.30. The van der Waals surface area contributed by atoms with Gasteiger partial charge in [-0.2, -0.15) is 0 Å². The maximum Gasteiger partial charge on any atom is 0.253 e. The highest BCUT2D eigenvalue weighted by molar-refractivity contribution is 5.80. The first kappa shape index (κ1) is 27.1. The molecule has 1 saturated heterocycles. The Hall–Kier alpha value is -4.14. The molecule has 8 nitrogen and oxygen atoms in total. The largest absolute Gasteiger partial charge is 0.376 e. The SMILES string of the molecule is CCc1ccc2[nH]c(=O)c([C@@H](c3nnnn3C[C@@H]3CCCO3)N(CCc3ccccc3)Cc3ccccc3)cc2c1. The van der Waals surface area contributed by atoms with E-state index in [4.69, 9.17) is 4.74 Å². The van der Waals surface area contributed by atoms with Gasteiger partial charge in [-0.25, -0.2) is 4.68 Å². The number of H-pyrrole nitrogens is 1. The van der Waals surface area contributed by atoms with E-state index in [2.05, 4.69) is 93.0 Å². The molecule has 3 heterocycles. The van der Waals surface area contributed by atoms with Gasteiger partial charge in [-0.15, -0.1) is 5.10 Å². The Morgan fingerprint density at radius 3 is 2.51 bits per heavy atom. The quantitative estimate of drug-likeness (QED) is 0.247. The minimum absolute atomic E-state index is 0.0618. The van der Waals surface area contributed by atoms with Crippen molar-refractivity contribution in [3.05, 3.63) is 123 Å². The van der Waals surface area contributed by atoms with Gasteiger partial charge in [-0.1, -0.05) is 73.7 Å². The molecule has 0 spiro atoms. The summed E-state index contributed by atoms with van der Waals surface area (Å²) in [4.78, 5) is 19.3. The molecule has 0 bridgehead atoms. The van der Waals surface area contributed by atoms with Crippen molar-refractivity contribution in [3.63, 3.8) is 0 Å². The van der Waals surface area contributed by atoms with Crippen LogP contribution in [-0.2, 0) is 30.7 Å². The standard InChI is InChI=1S/C33H36N6O2/c1-2-24-15-16-30-27(20-24)21-29(33(40)34-30)31(32-35-36-37-39(32)23-28-14-9-19-41-28)38(22-26-12-7-4-8-13-26)18-17-25-10-5-3-6-11-25/h3-8,10-13,15-16,20-21,28,31H,2,9,14,17-19,22-23H2,1H3,(H,34,40)/t28-,31-/m0/s1. The van der Waals surface area contributed by atoms with E-state index in [9.17, 15) is 4.79 Å². The molecule has 6 rings (SSSR count). The summed E-state index contributed by atoms with van der Waals surface area (Å²) < 4.78 is 7.78. The van der Waals surface area contributed by atoms with Gasteiger partial charge in [0.15, 0.2) is 5.82 Å². The van der Waals surface area contributed by atoms with Gasteiger partial charge in [0.2, 0.25) is 0 Å². The summed E-state index contributed by atoms with van der Waals surface area (Å²) >= 11 is 0. The number of ether oxygens (including phenoxy) is 1. The molecule has 1 N–H and O–H groups in total. The van der Waals surface area contributed by atoms with E-state index < -0.39 is 6.04 Å². The number of aryl methyl sites for hydroxylation is 1. The second-order valence-corrected chi connectivity index (χ2v) is 10.8. The van der Waals surface area contributed by atoms with Crippen LogP contribution in [0.25, 0.3) is 10.9 Å². The molecule has 0 amide bonds. The molecule has 2 atom stereocenters. The Labute approximate surface area is 240 Å². The summed E-state index contributed by atoms with van der Waals surface area (Å²) in [6.45, 7) is 4.80. The van der Waals surface area contributed by atoms with Crippen LogP contribution in [0, 0.1) is 0 Å². The van der Waals surface area contributed by atoms with Crippen LogP contribution in [0.3, 0.4) is 0 Å². The van der Waals surface area contributed by atoms with Crippen LogP contribution >= 0.6 is 0 Å². The summed E-state index contributed by atoms with van der Waals surface area (Å²) in [5.41, 5.74) is 4.96. The van der Waals surface area contributed by atoms with Crippen molar-refractivity contribution >= 4 is 10.9 Å². The molecule has 41 heavy (non-hydrogen) atoms. The second-order valence-electron chi connectivity index (χ2n) is 10.8. The minimum Gasteiger partial charge on any atom is -0.376 e. The topological polar surface area (TPSA) is 88.9 Å².